The fourth-order valence-electron chi connectivity index (χ4n) is 1.49. The maximum absolute atomic E-state index is 10.5. The van der Waals surface area contributed by atoms with Crippen molar-refractivity contribution in [2.45, 2.75) is 32.1 Å². The fraction of sp³-hybridized carbons (Fsp3) is 0.750. The quantitative estimate of drug-likeness (QED) is 0.594. The highest BCUT2D eigenvalue weighted by Gasteiger charge is 2.30. The minimum atomic E-state index is -0.488. The van der Waals surface area contributed by atoms with Crippen LogP contribution in [0.2, 0.25) is 0 Å². The second kappa shape index (κ2) is 3.15. The Bertz CT molecular complexity index is 114. The van der Waals surface area contributed by atoms with Crippen molar-refractivity contribution in [1.82, 2.24) is 0 Å². The van der Waals surface area contributed by atoms with Crippen LogP contribution in [-0.4, -0.2) is 11.4 Å². The Labute approximate surface area is 61.2 Å². The molecule has 1 N–H and O–H groups in total. The SMILES string of the molecule is O=CC1([CH]O)CCCCC1. The third-order valence-corrected chi connectivity index (χ3v) is 2.28. The molecule has 0 aromatic carbocycles. The smallest absolute Gasteiger partial charge is 0.128 e. The van der Waals surface area contributed by atoms with Gasteiger partial charge in [0, 0.05) is 0 Å². The summed E-state index contributed by atoms with van der Waals surface area (Å²) < 4.78 is 0. The molecule has 1 rings (SSSR count). The molecule has 2 nitrogen and oxygen atoms in total. The summed E-state index contributed by atoms with van der Waals surface area (Å²) >= 11 is 0. The van der Waals surface area contributed by atoms with Crippen molar-refractivity contribution in [3.8, 4) is 0 Å². The Balaban J connectivity index is 2.52. The predicted molar refractivity (Wildman–Crippen MR) is 37.8 cm³/mol. The van der Waals surface area contributed by atoms with Gasteiger partial charge in [0.15, 0.2) is 0 Å². The molecule has 0 amide bonds. The van der Waals surface area contributed by atoms with E-state index in [0.717, 1.165) is 38.6 Å². The second-order valence-electron chi connectivity index (χ2n) is 3.04. The van der Waals surface area contributed by atoms with Crippen molar-refractivity contribution in [1.29, 1.82) is 0 Å². The Kier molecular flexibility index (Phi) is 2.44. The van der Waals surface area contributed by atoms with Gasteiger partial charge in [0.1, 0.15) is 6.29 Å². The van der Waals surface area contributed by atoms with E-state index in [9.17, 15) is 4.79 Å². The number of carbonyl (C=O) groups is 1. The van der Waals surface area contributed by atoms with E-state index >= 15 is 0 Å². The molecule has 1 saturated carbocycles. The zero-order valence-corrected chi connectivity index (χ0v) is 6.05. The standard InChI is InChI=1S/C8H13O2/c9-6-8(7-10)4-2-1-3-5-8/h6-7,9H,1-5H2. The highest BCUT2D eigenvalue weighted by atomic mass is 16.3. The van der Waals surface area contributed by atoms with Crippen LogP contribution >= 0.6 is 0 Å². The van der Waals surface area contributed by atoms with Gasteiger partial charge < -0.3 is 9.90 Å². The highest BCUT2D eigenvalue weighted by molar-refractivity contribution is 5.61. The molecule has 57 valence electrons. The molecule has 10 heavy (non-hydrogen) atoms. The topological polar surface area (TPSA) is 37.3 Å². The van der Waals surface area contributed by atoms with E-state index in [1.807, 2.05) is 0 Å². The van der Waals surface area contributed by atoms with Crippen LogP contribution in [0.5, 0.6) is 0 Å². The number of aliphatic hydroxyl groups excluding tert-OH is 1. The van der Waals surface area contributed by atoms with Gasteiger partial charge in [-0.2, -0.15) is 0 Å². The molecule has 0 bridgehead atoms. The van der Waals surface area contributed by atoms with Crippen molar-refractivity contribution in [3.63, 3.8) is 0 Å². The van der Waals surface area contributed by atoms with E-state index in [2.05, 4.69) is 0 Å². The Morgan fingerprint density at radius 2 is 1.80 bits per heavy atom. The minimum absolute atomic E-state index is 0.488. The third-order valence-electron chi connectivity index (χ3n) is 2.28. The predicted octanol–water partition coefficient (Wildman–Crippen LogP) is 1.67. The summed E-state index contributed by atoms with van der Waals surface area (Å²) in [6.07, 6.45) is 5.86. The van der Waals surface area contributed by atoms with Crippen LogP contribution in [0, 0.1) is 12.0 Å². The van der Waals surface area contributed by atoms with Crippen molar-refractivity contribution >= 4 is 6.29 Å². The second-order valence-corrected chi connectivity index (χ2v) is 3.04. The van der Waals surface area contributed by atoms with Gasteiger partial charge in [-0.15, -0.1) is 0 Å². The summed E-state index contributed by atoms with van der Waals surface area (Å²) in [6.45, 7) is 1.07. The molecule has 0 unspecified atom stereocenters. The summed E-state index contributed by atoms with van der Waals surface area (Å²) in [6, 6.07) is 0. The zero-order chi connectivity index (χ0) is 7.45. The summed E-state index contributed by atoms with van der Waals surface area (Å²) in [5.41, 5.74) is -0.488. The van der Waals surface area contributed by atoms with Crippen LogP contribution in [-0.2, 0) is 4.79 Å². The monoisotopic (exact) mass is 141 g/mol. The van der Waals surface area contributed by atoms with Crippen molar-refractivity contribution < 1.29 is 9.90 Å². The summed E-state index contributed by atoms with van der Waals surface area (Å²) in [5, 5.41) is 8.79. The summed E-state index contributed by atoms with van der Waals surface area (Å²) in [5.74, 6) is 0. The van der Waals surface area contributed by atoms with E-state index in [0.29, 0.717) is 0 Å². The number of aliphatic hydroxyl groups is 1. The lowest BCUT2D eigenvalue weighted by Gasteiger charge is -2.28. The normalized spacial score (nSPS) is 24.1. The molecule has 0 atom stereocenters. The van der Waals surface area contributed by atoms with Crippen LogP contribution in [0.25, 0.3) is 0 Å². The number of hydrogen-bond acceptors (Lipinski definition) is 2. The van der Waals surface area contributed by atoms with E-state index in [1.54, 1.807) is 0 Å². The summed E-state index contributed by atoms with van der Waals surface area (Å²) in [7, 11) is 0. The van der Waals surface area contributed by atoms with Crippen LogP contribution in [0.3, 0.4) is 0 Å². The maximum atomic E-state index is 10.5. The average Bonchev–Trinajstić information content (AvgIpc) is 2.06. The summed E-state index contributed by atoms with van der Waals surface area (Å²) in [4.78, 5) is 10.5. The lowest BCUT2D eigenvalue weighted by molar-refractivity contribution is -0.117. The molecule has 1 aliphatic carbocycles. The first-order valence-corrected chi connectivity index (χ1v) is 3.78. The first-order chi connectivity index (χ1) is 4.83. The molecule has 0 heterocycles. The molecule has 0 aromatic heterocycles. The first kappa shape index (κ1) is 7.73. The molecular formula is C8H13O2. The fourth-order valence-corrected chi connectivity index (χ4v) is 1.49. The highest BCUT2D eigenvalue weighted by Crippen LogP contribution is 2.35. The number of rotatable bonds is 2. The first-order valence-electron chi connectivity index (χ1n) is 3.78. The van der Waals surface area contributed by atoms with Gasteiger partial charge in [-0.05, 0) is 12.8 Å². The molecule has 1 radical (unpaired) electrons. The lowest BCUT2D eigenvalue weighted by Crippen LogP contribution is -2.25. The van der Waals surface area contributed by atoms with Gasteiger partial charge in [0.25, 0.3) is 0 Å². The van der Waals surface area contributed by atoms with E-state index in [-0.39, 0.29) is 0 Å². The van der Waals surface area contributed by atoms with Gasteiger partial charge in [-0.25, -0.2) is 0 Å². The molecule has 1 fully saturated rings. The Morgan fingerprint density at radius 3 is 2.10 bits per heavy atom. The number of hydrogen-bond donors (Lipinski definition) is 1. The van der Waals surface area contributed by atoms with Crippen LogP contribution in [0.15, 0.2) is 0 Å². The third kappa shape index (κ3) is 1.37. The van der Waals surface area contributed by atoms with Crippen LogP contribution in [0.1, 0.15) is 32.1 Å². The van der Waals surface area contributed by atoms with E-state index in [1.165, 1.54) is 6.42 Å². The molecule has 0 aromatic rings. The van der Waals surface area contributed by atoms with Crippen molar-refractivity contribution in [3.05, 3.63) is 6.61 Å². The van der Waals surface area contributed by atoms with Crippen molar-refractivity contribution in [2.24, 2.45) is 5.41 Å². The Morgan fingerprint density at radius 1 is 1.20 bits per heavy atom. The Hall–Kier alpha value is -0.370. The van der Waals surface area contributed by atoms with Crippen molar-refractivity contribution in [2.75, 3.05) is 0 Å². The van der Waals surface area contributed by atoms with Crippen LogP contribution < -0.4 is 0 Å². The van der Waals surface area contributed by atoms with Gasteiger partial charge >= 0.3 is 0 Å². The van der Waals surface area contributed by atoms with Gasteiger partial charge in [0.05, 0.1) is 12.0 Å². The maximum Gasteiger partial charge on any atom is 0.128 e. The van der Waals surface area contributed by atoms with E-state index < -0.39 is 5.41 Å². The average molecular weight is 141 g/mol. The molecule has 2 heteroatoms. The van der Waals surface area contributed by atoms with Gasteiger partial charge in [-0.3, -0.25) is 0 Å². The number of aldehydes is 1. The molecule has 0 spiro atoms. The van der Waals surface area contributed by atoms with Gasteiger partial charge in [-0.1, -0.05) is 19.3 Å². The largest absolute Gasteiger partial charge is 0.389 e. The molecule has 0 saturated heterocycles. The van der Waals surface area contributed by atoms with Gasteiger partial charge in [0.2, 0.25) is 0 Å². The number of carbonyl (C=O) groups excluding carboxylic acids is 1. The molecule has 1 aliphatic rings. The zero-order valence-electron chi connectivity index (χ0n) is 6.05. The van der Waals surface area contributed by atoms with E-state index in [4.69, 9.17) is 5.11 Å². The lowest BCUT2D eigenvalue weighted by atomic mass is 9.76. The molecular weight excluding hydrogens is 128 g/mol. The van der Waals surface area contributed by atoms with Crippen LogP contribution in [0.4, 0.5) is 0 Å². The minimum Gasteiger partial charge on any atom is -0.389 e. The molecule has 0 aliphatic heterocycles.